The number of carbonyl (C=O) groups is 1. The minimum Gasteiger partial charge on any atom is -0.465 e. The summed E-state index contributed by atoms with van der Waals surface area (Å²) in [5.74, 6) is -0.115. The molecule has 1 heterocycles. The highest BCUT2D eigenvalue weighted by Crippen LogP contribution is 2.38. The Morgan fingerprint density at radius 3 is 2.37 bits per heavy atom. The number of carbonyl (C=O) groups excluding carboxylic acids is 1. The van der Waals surface area contributed by atoms with Gasteiger partial charge in [-0.3, -0.25) is 4.79 Å². The highest BCUT2D eigenvalue weighted by molar-refractivity contribution is 5.85. The Bertz CT molecular complexity index is 479. The first-order chi connectivity index (χ1) is 8.90. The Labute approximate surface area is 115 Å². The van der Waals surface area contributed by atoms with Crippen molar-refractivity contribution < 1.29 is 9.53 Å². The fourth-order valence-corrected chi connectivity index (χ4v) is 2.66. The van der Waals surface area contributed by atoms with Crippen molar-refractivity contribution in [2.75, 3.05) is 6.61 Å². The Kier molecular flexibility index (Phi) is 3.53. The maximum Gasteiger partial charge on any atom is 0.317 e. The second-order valence-corrected chi connectivity index (χ2v) is 6.29. The molecule has 0 bridgehead atoms. The molecule has 0 aromatic heterocycles. The third-order valence-electron chi connectivity index (χ3n) is 3.95. The highest BCUT2D eigenvalue weighted by Gasteiger charge is 2.44. The maximum absolute atomic E-state index is 12.1. The standard InChI is InChI=1S/C17H22O2/c1-5-10-17(11-12-19-15(17)18)14-8-6-13(7-9-14)16(2,3)4/h5-9H,1,10-12H2,2-4H3. The van der Waals surface area contributed by atoms with E-state index in [1.165, 1.54) is 5.56 Å². The van der Waals surface area contributed by atoms with Crippen LogP contribution in [0.25, 0.3) is 0 Å². The van der Waals surface area contributed by atoms with Crippen molar-refractivity contribution in [1.82, 2.24) is 0 Å². The quantitative estimate of drug-likeness (QED) is 0.609. The molecule has 0 saturated carbocycles. The fraction of sp³-hybridized carbons (Fsp3) is 0.471. The molecule has 19 heavy (non-hydrogen) atoms. The summed E-state index contributed by atoms with van der Waals surface area (Å²) in [6, 6.07) is 8.37. The number of allylic oxidation sites excluding steroid dienone is 1. The van der Waals surface area contributed by atoms with E-state index in [1.54, 1.807) is 0 Å². The summed E-state index contributed by atoms with van der Waals surface area (Å²) in [5.41, 5.74) is 1.93. The van der Waals surface area contributed by atoms with Crippen LogP contribution in [-0.4, -0.2) is 12.6 Å². The molecule has 0 amide bonds. The van der Waals surface area contributed by atoms with Crippen molar-refractivity contribution in [2.24, 2.45) is 0 Å². The molecule has 102 valence electrons. The zero-order chi connectivity index (χ0) is 14.1. The van der Waals surface area contributed by atoms with Crippen LogP contribution in [0.3, 0.4) is 0 Å². The molecule has 2 nitrogen and oxygen atoms in total. The molecule has 1 aliphatic heterocycles. The van der Waals surface area contributed by atoms with Crippen LogP contribution in [-0.2, 0) is 20.4 Å². The maximum atomic E-state index is 12.1. The zero-order valence-corrected chi connectivity index (χ0v) is 12.0. The van der Waals surface area contributed by atoms with Gasteiger partial charge in [0.15, 0.2) is 0 Å². The lowest BCUT2D eigenvalue weighted by Crippen LogP contribution is -2.31. The lowest BCUT2D eigenvalue weighted by molar-refractivity contribution is -0.142. The molecular weight excluding hydrogens is 236 g/mol. The van der Waals surface area contributed by atoms with Crippen LogP contribution < -0.4 is 0 Å². The molecule has 1 unspecified atom stereocenters. The van der Waals surface area contributed by atoms with Gasteiger partial charge in [0, 0.05) is 6.42 Å². The van der Waals surface area contributed by atoms with Crippen molar-refractivity contribution in [1.29, 1.82) is 0 Å². The summed E-state index contributed by atoms with van der Waals surface area (Å²) in [7, 11) is 0. The summed E-state index contributed by atoms with van der Waals surface area (Å²) in [5, 5.41) is 0. The van der Waals surface area contributed by atoms with E-state index in [-0.39, 0.29) is 11.4 Å². The summed E-state index contributed by atoms with van der Waals surface area (Å²) in [6.07, 6.45) is 3.19. The lowest BCUT2D eigenvalue weighted by Gasteiger charge is -2.25. The van der Waals surface area contributed by atoms with Gasteiger partial charge in [-0.05, 0) is 23.0 Å². The summed E-state index contributed by atoms with van der Waals surface area (Å²) < 4.78 is 5.19. The van der Waals surface area contributed by atoms with Crippen LogP contribution >= 0.6 is 0 Å². The molecular formula is C17H22O2. The Balaban J connectivity index is 2.39. The van der Waals surface area contributed by atoms with E-state index in [0.717, 1.165) is 12.0 Å². The SMILES string of the molecule is C=CCC1(c2ccc(C(C)(C)C)cc2)CCOC1=O. The zero-order valence-electron chi connectivity index (χ0n) is 12.0. The smallest absolute Gasteiger partial charge is 0.317 e. The molecule has 1 aromatic rings. The van der Waals surface area contributed by atoms with Crippen molar-refractivity contribution in [2.45, 2.75) is 44.4 Å². The first-order valence-corrected chi connectivity index (χ1v) is 6.79. The molecule has 2 heteroatoms. The van der Waals surface area contributed by atoms with E-state index in [9.17, 15) is 4.79 Å². The van der Waals surface area contributed by atoms with Crippen molar-refractivity contribution in [3.63, 3.8) is 0 Å². The van der Waals surface area contributed by atoms with Crippen molar-refractivity contribution in [3.8, 4) is 0 Å². The Morgan fingerprint density at radius 1 is 1.32 bits per heavy atom. The molecule has 0 radical (unpaired) electrons. The number of cyclic esters (lactones) is 1. The molecule has 2 rings (SSSR count). The van der Waals surface area contributed by atoms with Crippen molar-refractivity contribution in [3.05, 3.63) is 48.0 Å². The van der Waals surface area contributed by atoms with E-state index in [2.05, 4.69) is 51.6 Å². The van der Waals surface area contributed by atoms with Crippen LogP contribution in [0.5, 0.6) is 0 Å². The molecule has 1 atom stereocenters. The predicted molar refractivity (Wildman–Crippen MR) is 77.2 cm³/mol. The summed E-state index contributed by atoms with van der Waals surface area (Å²) in [6.45, 7) is 10.8. The fourth-order valence-electron chi connectivity index (χ4n) is 2.66. The molecule has 1 saturated heterocycles. The van der Waals surface area contributed by atoms with Gasteiger partial charge in [-0.15, -0.1) is 6.58 Å². The van der Waals surface area contributed by atoms with Crippen LogP contribution in [0, 0.1) is 0 Å². The second kappa shape index (κ2) is 4.84. The summed E-state index contributed by atoms with van der Waals surface area (Å²) in [4.78, 5) is 12.1. The number of hydrogen-bond donors (Lipinski definition) is 0. The largest absolute Gasteiger partial charge is 0.465 e. The monoisotopic (exact) mass is 258 g/mol. The highest BCUT2D eigenvalue weighted by atomic mass is 16.5. The minimum atomic E-state index is -0.516. The average Bonchev–Trinajstić information content (AvgIpc) is 2.72. The third kappa shape index (κ3) is 2.44. The van der Waals surface area contributed by atoms with E-state index in [4.69, 9.17) is 4.74 Å². The van der Waals surface area contributed by atoms with Gasteiger partial charge in [-0.1, -0.05) is 51.1 Å². The van der Waals surface area contributed by atoms with Gasteiger partial charge in [-0.25, -0.2) is 0 Å². The Hall–Kier alpha value is -1.57. The first-order valence-electron chi connectivity index (χ1n) is 6.79. The van der Waals surface area contributed by atoms with E-state index in [0.29, 0.717) is 13.0 Å². The molecule has 0 aliphatic carbocycles. The van der Waals surface area contributed by atoms with Crippen LogP contribution in [0.4, 0.5) is 0 Å². The van der Waals surface area contributed by atoms with Crippen LogP contribution in [0.2, 0.25) is 0 Å². The molecule has 0 N–H and O–H groups in total. The second-order valence-electron chi connectivity index (χ2n) is 6.29. The molecule has 1 fully saturated rings. The third-order valence-corrected chi connectivity index (χ3v) is 3.95. The van der Waals surface area contributed by atoms with E-state index in [1.807, 2.05) is 6.08 Å². The van der Waals surface area contributed by atoms with Gasteiger partial charge < -0.3 is 4.74 Å². The molecule has 1 aromatic carbocycles. The topological polar surface area (TPSA) is 26.3 Å². The first kappa shape index (κ1) is 13.9. The average molecular weight is 258 g/mol. The van der Waals surface area contributed by atoms with Crippen LogP contribution in [0.15, 0.2) is 36.9 Å². The number of benzene rings is 1. The number of hydrogen-bond acceptors (Lipinski definition) is 2. The van der Waals surface area contributed by atoms with E-state index >= 15 is 0 Å². The number of rotatable bonds is 3. The van der Waals surface area contributed by atoms with Gasteiger partial charge in [0.1, 0.15) is 0 Å². The lowest BCUT2D eigenvalue weighted by atomic mass is 9.75. The van der Waals surface area contributed by atoms with Gasteiger partial charge in [-0.2, -0.15) is 0 Å². The summed E-state index contributed by atoms with van der Waals surface area (Å²) >= 11 is 0. The molecule has 1 aliphatic rings. The predicted octanol–water partition coefficient (Wildman–Crippen LogP) is 3.74. The number of esters is 1. The van der Waals surface area contributed by atoms with E-state index < -0.39 is 5.41 Å². The minimum absolute atomic E-state index is 0.115. The Morgan fingerprint density at radius 2 is 1.95 bits per heavy atom. The van der Waals surface area contributed by atoms with Gasteiger partial charge in [0.2, 0.25) is 0 Å². The van der Waals surface area contributed by atoms with Gasteiger partial charge in [0.25, 0.3) is 0 Å². The van der Waals surface area contributed by atoms with Crippen molar-refractivity contribution >= 4 is 5.97 Å². The number of ether oxygens (including phenoxy) is 1. The molecule has 0 spiro atoms. The van der Waals surface area contributed by atoms with Gasteiger partial charge >= 0.3 is 5.97 Å². The van der Waals surface area contributed by atoms with Crippen LogP contribution in [0.1, 0.15) is 44.7 Å². The normalized spacial score (nSPS) is 23.2. The van der Waals surface area contributed by atoms with Gasteiger partial charge in [0.05, 0.1) is 12.0 Å².